The summed E-state index contributed by atoms with van der Waals surface area (Å²) in [6.45, 7) is 6.91. The zero-order chi connectivity index (χ0) is 24.3. The van der Waals surface area contributed by atoms with Crippen LogP contribution in [0.15, 0.2) is 45.8 Å². The molecule has 0 saturated heterocycles. The van der Waals surface area contributed by atoms with Crippen molar-refractivity contribution >= 4 is 55.0 Å². The van der Waals surface area contributed by atoms with Crippen LogP contribution in [0.2, 0.25) is 5.02 Å². The van der Waals surface area contributed by atoms with Gasteiger partial charge in [0.15, 0.2) is 6.61 Å². The monoisotopic (exact) mass is 552 g/mol. The first-order valence-electron chi connectivity index (χ1n) is 9.79. The van der Waals surface area contributed by atoms with Gasteiger partial charge in [0.25, 0.3) is 15.9 Å². The molecule has 1 heterocycles. The lowest BCUT2D eigenvalue weighted by atomic mass is 10.1. The molecule has 2 aromatic carbocycles. The summed E-state index contributed by atoms with van der Waals surface area (Å²) < 4.78 is 34.0. The first kappa shape index (κ1) is 24.9. The summed E-state index contributed by atoms with van der Waals surface area (Å²) in [4.78, 5) is 20.5. The normalized spacial score (nSPS) is 11.2. The van der Waals surface area contributed by atoms with E-state index in [9.17, 15) is 13.2 Å². The van der Waals surface area contributed by atoms with Gasteiger partial charge in [-0.1, -0.05) is 11.6 Å². The van der Waals surface area contributed by atoms with Crippen LogP contribution in [0.3, 0.4) is 0 Å². The minimum Gasteiger partial charge on any atom is -0.483 e. The minimum absolute atomic E-state index is 0.0294. The molecular formula is C22H22BrClN4O4S. The molecule has 1 amide bonds. The summed E-state index contributed by atoms with van der Waals surface area (Å²) in [6.07, 6.45) is 0. The van der Waals surface area contributed by atoms with Crippen molar-refractivity contribution in [3.63, 3.8) is 0 Å². The van der Waals surface area contributed by atoms with E-state index >= 15 is 0 Å². The molecule has 0 saturated carbocycles. The zero-order valence-corrected chi connectivity index (χ0v) is 21.5. The maximum Gasteiger partial charge on any atom is 0.263 e. The number of carbonyl (C=O) groups is 1. The van der Waals surface area contributed by atoms with E-state index in [0.29, 0.717) is 32.5 Å². The van der Waals surface area contributed by atoms with Gasteiger partial charge in [-0.25, -0.2) is 18.4 Å². The van der Waals surface area contributed by atoms with Gasteiger partial charge in [-0.05, 0) is 85.1 Å². The Labute approximate surface area is 205 Å². The predicted molar refractivity (Wildman–Crippen MR) is 132 cm³/mol. The van der Waals surface area contributed by atoms with Crippen LogP contribution in [0.1, 0.15) is 22.6 Å². The molecule has 0 radical (unpaired) electrons. The standard InChI is InChI=1S/C22H22BrClN4O4S/c1-12-9-18(21(23)14(3)22(12)24)32-11-20(29)27-16-5-7-17(8-6-16)33(30,31)28-19-10-13(2)25-15(4)26-19/h5-10H,11H2,1-4H3,(H,27,29)(H,25,26,28). The Hall–Kier alpha value is -2.69. The smallest absolute Gasteiger partial charge is 0.263 e. The van der Waals surface area contributed by atoms with Gasteiger partial charge in [-0.3, -0.25) is 9.52 Å². The van der Waals surface area contributed by atoms with Gasteiger partial charge in [0, 0.05) is 22.5 Å². The largest absolute Gasteiger partial charge is 0.483 e. The Kier molecular flexibility index (Phi) is 7.61. The van der Waals surface area contributed by atoms with Crippen molar-refractivity contribution in [2.45, 2.75) is 32.6 Å². The number of sulfonamides is 1. The van der Waals surface area contributed by atoms with Crippen LogP contribution in [-0.4, -0.2) is 30.9 Å². The lowest BCUT2D eigenvalue weighted by Crippen LogP contribution is -2.20. The lowest BCUT2D eigenvalue weighted by molar-refractivity contribution is -0.118. The molecule has 0 atom stereocenters. The summed E-state index contributed by atoms with van der Waals surface area (Å²) in [5.41, 5.74) is 2.74. The molecule has 0 aliphatic carbocycles. The zero-order valence-electron chi connectivity index (χ0n) is 18.4. The van der Waals surface area contributed by atoms with Crippen LogP contribution in [0.5, 0.6) is 5.75 Å². The van der Waals surface area contributed by atoms with Crippen LogP contribution >= 0.6 is 27.5 Å². The Bertz CT molecular complexity index is 1290. The number of halogens is 2. The van der Waals surface area contributed by atoms with E-state index in [1.807, 2.05) is 13.8 Å². The molecule has 8 nitrogen and oxygen atoms in total. The number of nitrogens with zero attached hydrogens (tertiary/aromatic N) is 2. The summed E-state index contributed by atoms with van der Waals surface area (Å²) in [5.74, 6) is 0.761. The fourth-order valence-corrected chi connectivity index (χ4v) is 4.71. The van der Waals surface area contributed by atoms with E-state index < -0.39 is 15.9 Å². The van der Waals surface area contributed by atoms with Gasteiger partial charge in [-0.15, -0.1) is 0 Å². The molecule has 3 aromatic rings. The van der Waals surface area contributed by atoms with E-state index in [4.69, 9.17) is 16.3 Å². The quantitative estimate of drug-likeness (QED) is 0.429. The van der Waals surface area contributed by atoms with Crippen molar-refractivity contribution in [3.05, 3.63) is 68.5 Å². The second-order valence-corrected chi connectivity index (χ2v) is 10.2. The third-order valence-electron chi connectivity index (χ3n) is 4.58. The van der Waals surface area contributed by atoms with E-state index in [1.54, 1.807) is 26.0 Å². The number of ether oxygens (including phenoxy) is 1. The van der Waals surface area contributed by atoms with Gasteiger partial charge in [0.1, 0.15) is 17.4 Å². The van der Waals surface area contributed by atoms with E-state index in [1.165, 1.54) is 24.3 Å². The Balaban J connectivity index is 1.64. The molecule has 2 N–H and O–H groups in total. The molecular weight excluding hydrogens is 532 g/mol. The van der Waals surface area contributed by atoms with E-state index in [2.05, 4.69) is 35.9 Å². The van der Waals surface area contributed by atoms with Crippen molar-refractivity contribution in [3.8, 4) is 5.75 Å². The summed E-state index contributed by atoms with van der Waals surface area (Å²) in [7, 11) is -3.85. The van der Waals surface area contributed by atoms with Crippen molar-refractivity contribution in [2.75, 3.05) is 16.6 Å². The predicted octanol–water partition coefficient (Wildman–Crippen LogP) is 4.94. The van der Waals surface area contributed by atoms with E-state index in [0.717, 1.165) is 11.1 Å². The van der Waals surface area contributed by atoms with E-state index in [-0.39, 0.29) is 17.3 Å². The molecule has 0 bridgehead atoms. The average Bonchev–Trinajstić information content (AvgIpc) is 2.73. The molecule has 0 aliphatic heterocycles. The maximum atomic E-state index is 12.6. The van der Waals surface area contributed by atoms with Crippen LogP contribution < -0.4 is 14.8 Å². The third kappa shape index (κ3) is 6.21. The molecule has 3 rings (SSSR count). The Morgan fingerprint density at radius 3 is 2.39 bits per heavy atom. The fraction of sp³-hybridized carbons (Fsp3) is 0.227. The van der Waals surface area contributed by atoms with Gasteiger partial charge < -0.3 is 10.1 Å². The second-order valence-electron chi connectivity index (χ2n) is 7.35. The topological polar surface area (TPSA) is 110 Å². The van der Waals surface area contributed by atoms with Crippen LogP contribution in [0, 0.1) is 27.7 Å². The second kappa shape index (κ2) is 10.1. The molecule has 11 heteroatoms. The minimum atomic E-state index is -3.85. The number of hydrogen-bond acceptors (Lipinski definition) is 6. The number of carbonyl (C=O) groups excluding carboxylic acids is 1. The van der Waals surface area contributed by atoms with Crippen molar-refractivity contribution in [1.82, 2.24) is 9.97 Å². The first-order chi connectivity index (χ1) is 15.5. The number of nitrogens with one attached hydrogen (secondary N) is 2. The molecule has 0 fully saturated rings. The molecule has 174 valence electrons. The number of anilines is 2. The molecule has 33 heavy (non-hydrogen) atoms. The highest BCUT2D eigenvalue weighted by molar-refractivity contribution is 9.10. The number of hydrogen-bond donors (Lipinski definition) is 2. The highest BCUT2D eigenvalue weighted by Gasteiger charge is 2.16. The molecule has 0 unspecified atom stereocenters. The van der Waals surface area contributed by atoms with Gasteiger partial charge >= 0.3 is 0 Å². The molecule has 0 aliphatic rings. The summed E-state index contributed by atoms with van der Waals surface area (Å²) >= 11 is 9.64. The van der Waals surface area contributed by atoms with Crippen LogP contribution in [-0.2, 0) is 14.8 Å². The van der Waals surface area contributed by atoms with Crippen molar-refractivity contribution in [2.24, 2.45) is 0 Å². The lowest BCUT2D eigenvalue weighted by Gasteiger charge is -2.13. The molecule has 0 spiro atoms. The maximum absolute atomic E-state index is 12.6. The number of aromatic nitrogens is 2. The van der Waals surface area contributed by atoms with Crippen LogP contribution in [0.25, 0.3) is 0 Å². The fourth-order valence-electron chi connectivity index (χ4n) is 3.03. The van der Waals surface area contributed by atoms with Gasteiger partial charge in [0.2, 0.25) is 0 Å². The summed E-state index contributed by atoms with van der Waals surface area (Å²) in [5, 5.41) is 3.31. The highest BCUT2D eigenvalue weighted by Crippen LogP contribution is 2.35. The first-order valence-corrected chi connectivity index (χ1v) is 12.4. The van der Waals surface area contributed by atoms with Crippen molar-refractivity contribution in [1.29, 1.82) is 0 Å². The molecule has 1 aromatic heterocycles. The van der Waals surface area contributed by atoms with Crippen molar-refractivity contribution < 1.29 is 17.9 Å². The Morgan fingerprint density at radius 2 is 1.76 bits per heavy atom. The third-order valence-corrected chi connectivity index (χ3v) is 7.52. The van der Waals surface area contributed by atoms with Crippen LogP contribution in [0.4, 0.5) is 11.5 Å². The SMILES string of the molecule is Cc1cc(NS(=O)(=O)c2ccc(NC(=O)COc3cc(C)c(Cl)c(C)c3Br)cc2)nc(C)n1. The van der Waals surface area contributed by atoms with Gasteiger partial charge in [-0.2, -0.15) is 0 Å². The number of amides is 1. The number of benzene rings is 2. The summed E-state index contributed by atoms with van der Waals surface area (Å²) in [6, 6.07) is 9.07. The number of aryl methyl sites for hydroxylation is 3. The Morgan fingerprint density at radius 1 is 1.09 bits per heavy atom. The van der Waals surface area contributed by atoms with Gasteiger partial charge in [0.05, 0.1) is 9.37 Å². The average molecular weight is 554 g/mol. The number of rotatable bonds is 7. The highest BCUT2D eigenvalue weighted by atomic mass is 79.9.